The molecule has 1 saturated heterocycles. The molecule has 0 radical (unpaired) electrons. The standard InChI is InChI=1S/C24H24F4N4O3S2/c25-18-12-17-15(5-9-35-21(17)13-22(18)37(33,34)31-23-30-7-10-36-23)14-32-8-4-16(24(26,27)28)11-20(32)19-3-1-2-6-29-19/h1-3,6-7,10,12-13,15-16,20H,4-5,8-9,11,14H2,(H,30,31)/t15-,16+,20-/m0/s1. The largest absolute Gasteiger partial charge is 0.493 e. The summed E-state index contributed by atoms with van der Waals surface area (Å²) >= 11 is 1.06. The number of thiazole rings is 1. The second kappa shape index (κ2) is 10.2. The summed E-state index contributed by atoms with van der Waals surface area (Å²) in [6.45, 7) is 0.853. The highest BCUT2D eigenvalue weighted by Crippen LogP contribution is 2.44. The third-order valence-electron chi connectivity index (χ3n) is 6.83. The topological polar surface area (TPSA) is 84.4 Å². The fourth-order valence-electron chi connectivity index (χ4n) is 4.99. The molecule has 4 heterocycles. The van der Waals surface area contributed by atoms with Crippen molar-refractivity contribution in [2.75, 3.05) is 24.4 Å². The Hall–Kier alpha value is -2.77. The Balaban J connectivity index is 1.41. The fourth-order valence-corrected chi connectivity index (χ4v) is 6.86. The van der Waals surface area contributed by atoms with Crippen LogP contribution in [-0.2, 0) is 10.0 Å². The van der Waals surface area contributed by atoms with E-state index in [-0.39, 0.29) is 42.8 Å². The Morgan fingerprint density at radius 1 is 1.16 bits per heavy atom. The molecule has 0 spiro atoms. The van der Waals surface area contributed by atoms with Crippen LogP contribution in [-0.4, -0.2) is 49.2 Å². The number of likely N-dealkylation sites (tertiary alicyclic amines) is 1. The minimum atomic E-state index is -4.29. The molecular formula is C24H24F4N4O3S2. The molecule has 1 N–H and O–H groups in total. The lowest BCUT2D eigenvalue weighted by Crippen LogP contribution is -2.43. The number of sulfonamides is 1. The van der Waals surface area contributed by atoms with Gasteiger partial charge < -0.3 is 4.74 Å². The van der Waals surface area contributed by atoms with Crippen LogP contribution in [0.15, 0.2) is 53.0 Å². The number of benzene rings is 1. The number of pyridine rings is 1. The van der Waals surface area contributed by atoms with Crippen LogP contribution in [0.3, 0.4) is 0 Å². The fraction of sp³-hybridized carbons (Fsp3) is 0.417. The molecule has 5 rings (SSSR count). The molecule has 1 fully saturated rings. The molecule has 198 valence electrons. The van der Waals surface area contributed by atoms with Gasteiger partial charge >= 0.3 is 6.18 Å². The first kappa shape index (κ1) is 25.9. The Labute approximate surface area is 215 Å². The zero-order valence-electron chi connectivity index (χ0n) is 19.5. The lowest BCUT2D eigenvalue weighted by atomic mass is 9.86. The molecule has 3 atom stereocenters. The van der Waals surface area contributed by atoms with E-state index in [1.807, 2.05) is 4.90 Å². The molecular weight excluding hydrogens is 532 g/mol. The van der Waals surface area contributed by atoms with Gasteiger partial charge in [-0.05, 0) is 44.0 Å². The summed E-state index contributed by atoms with van der Waals surface area (Å²) in [5, 5.41) is 1.70. The van der Waals surface area contributed by atoms with E-state index in [0.29, 0.717) is 24.2 Å². The van der Waals surface area contributed by atoms with Gasteiger partial charge in [0.15, 0.2) is 5.13 Å². The van der Waals surface area contributed by atoms with Gasteiger partial charge in [-0.25, -0.2) is 17.8 Å². The van der Waals surface area contributed by atoms with Crippen molar-refractivity contribution in [1.29, 1.82) is 0 Å². The molecule has 3 aromatic rings. The maximum absolute atomic E-state index is 15.1. The second-order valence-corrected chi connectivity index (χ2v) is 11.7. The number of halogens is 4. The molecule has 0 saturated carbocycles. The van der Waals surface area contributed by atoms with Gasteiger partial charge in [0.05, 0.1) is 24.3 Å². The molecule has 0 amide bonds. The van der Waals surface area contributed by atoms with Gasteiger partial charge in [-0.2, -0.15) is 13.2 Å². The van der Waals surface area contributed by atoms with Crippen LogP contribution in [0, 0.1) is 11.7 Å². The summed E-state index contributed by atoms with van der Waals surface area (Å²) in [5.41, 5.74) is 1.05. The summed E-state index contributed by atoms with van der Waals surface area (Å²) in [7, 11) is -4.24. The Kier molecular flexibility index (Phi) is 7.12. The summed E-state index contributed by atoms with van der Waals surface area (Å²) in [4.78, 5) is 9.60. The molecule has 0 aliphatic carbocycles. The lowest BCUT2D eigenvalue weighted by Gasteiger charge is -2.42. The first-order chi connectivity index (χ1) is 17.6. The molecule has 0 bridgehead atoms. The van der Waals surface area contributed by atoms with E-state index in [1.165, 1.54) is 12.3 Å². The van der Waals surface area contributed by atoms with Crippen LogP contribution < -0.4 is 9.46 Å². The van der Waals surface area contributed by atoms with Gasteiger partial charge in [-0.1, -0.05) is 6.07 Å². The van der Waals surface area contributed by atoms with Crippen LogP contribution in [0.2, 0.25) is 0 Å². The predicted octanol–water partition coefficient (Wildman–Crippen LogP) is 5.36. The predicted molar refractivity (Wildman–Crippen MR) is 130 cm³/mol. The number of rotatable bonds is 6. The smallest absolute Gasteiger partial charge is 0.391 e. The monoisotopic (exact) mass is 556 g/mol. The van der Waals surface area contributed by atoms with Crippen LogP contribution >= 0.6 is 11.3 Å². The van der Waals surface area contributed by atoms with Crippen LogP contribution in [0.25, 0.3) is 0 Å². The summed E-state index contributed by atoms with van der Waals surface area (Å²) in [5.74, 6) is -2.36. The van der Waals surface area contributed by atoms with E-state index >= 15 is 4.39 Å². The molecule has 13 heteroatoms. The number of piperidine rings is 1. The molecule has 1 aromatic carbocycles. The number of ether oxygens (including phenoxy) is 1. The van der Waals surface area contributed by atoms with Crippen molar-refractivity contribution in [1.82, 2.24) is 14.9 Å². The maximum atomic E-state index is 15.1. The van der Waals surface area contributed by atoms with Crippen molar-refractivity contribution in [2.24, 2.45) is 5.92 Å². The number of nitrogens with one attached hydrogen (secondary N) is 1. The Morgan fingerprint density at radius 2 is 2.00 bits per heavy atom. The highest BCUT2D eigenvalue weighted by Gasteiger charge is 2.45. The van der Waals surface area contributed by atoms with E-state index in [9.17, 15) is 21.6 Å². The Bertz CT molecular complexity index is 1340. The number of hydrogen-bond donors (Lipinski definition) is 1. The third kappa shape index (κ3) is 5.58. The molecule has 2 aliphatic rings. The zero-order chi connectivity index (χ0) is 26.2. The third-order valence-corrected chi connectivity index (χ3v) is 9.00. The van der Waals surface area contributed by atoms with E-state index in [4.69, 9.17) is 4.74 Å². The molecule has 2 aromatic heterocycles. The maximum Gasteiger partial charge on any atom is 0.391 e. The summed E-state index contributed by atoms with van der Waals surface area (Å²) in [6.07, 6.45) is -0.922. The van der Waals surface area contributed by atoms with Gasteiger partial charge in [0, 0.05) is 41.9 Å². The molecule has 0 unspecified atom stereocenters. The Morgan fingerprint density at radius 3 is 2.70 bits per heavy atom. The van der Waals surface area contributed by atoms with Crippen LogP contribution in [0.5, 0.6) is 5.75 Å². The van der Waals surface area contributed by atoms with Gasteiger partial charge in [0.2, 0.25) is 0 Å². The second-order valence-electron chi connectivity index (χ2n) is 9.13. The molecule has 7 nitrogen and oxygen atoms in total. The number of hydrogen-bond acceptors (Lipinski definition) is 7. The van der Waals surface area contributed by atoms with Crippen LogP contribution in [0.4, 0.5) is 22.7 Å². The van der Waals surface area contributed by atoms with Crippen molar-refractivity contribution in [3.63, 3.8) is 0 Å². The minimum absolute atomic E-state index is 0.0309. The lowest BCUT2D eigenvalue weighted by molar-refractivity contribution is -0.190. The highest BCUT2D eigenvalue weighted by molar-refractivity contribution is 7.93. The van der Waals surface area contributed by atoms with Crippen molar-refractivity contribution in [3.05, 3.63) is 65.2 Å². The number of aromatic nitrogens is 2. The van der Waals surface area contributed by atoms with E-state index in [0.717, 1.165) is 17.4 Å². The SMILES string of the molecule is O=S(=O)(Nc1nccs1)c1cc2c(cc1F)[C@H](CN1CC[C@@H](C(F)(F)F)C[C@H]1c1ccccn1)CCO2. The summed E-state index contributed by atoms with van der Waals surface area (Å²) in [6, 6.07) is 6.97. The number of alkyl halides is 3. The number of nitrogens with zero attached hydrogens (tertiary/aromatic N) is 3. The van der Waals surface area contributed by atoms with E-state index in [1.54, 1.807) is 29.8 Å². The van der Waals surface area contributed by atoms with Gasteiger partial charge in [0.1, 0.15) is 16.5 Å². The van der Waals surface area contributed by atoms with Crippen LogP contribution in [0.1, 0.15) is 42.5 Å². The van der Waals surface area contributed by atoms with Crippen molar-refractivity contribution < 1.29 is 30.7 Å². The van der Waals surface area contributed by atoms with Gasteiger partial charge in [-0.3, -0.25) is 14.6 Å². The first-order valence-corrected chi connectivity index (χ1v) is 14.1. The van der Waals surface area contributed by atoms with Crippen molar-refractivity contribution >= 4 is 26.5 Å². The van der Waals surface area contributed by atoms with Gasteiger partial charge in [0.25, 0.3) is 10.0 Å². The summed E-state index contributed by atoms with van der Waals surface area (Å²) < 4.78 is 89.3. The zero-order valence-corrected chi connectivity index (χ0v) is 21.1. The average molecular weight is 557 g/mol. The number of anilines is 1. The molecule has 37 heavy (non-hydrogen) atoms. The quantitative estimate of drug-likeness (QED) is 0.412. The van der Waals surface area contributed by atoms with Crippen molar-refractivity contribution in [2.45, 2.75) is 42.3 Å². The number of fused-ring (bicyclic) bond motifs is 1. The van der Waals surface area contributed by atoms with Gasteiger partial charge in [-0.15, -0.1) is 11.3 Å². The van der Waals surface area contributed by atoms with Crippen molar-refractivity contribution in [3.8, 4) is 5.75 Å². The van der Waals surface area contributed by atoms with E-state index < -0.39 is 38.9 Å². The first-order valence-electron chi connectivity index (χ1n) is 11.7. The minimum Gasteiger partial charge on any atom is -0.493 e. The highest BCUT2D eigenvalue weighted by atomic mass is 32.2. The average Bonchev–Trinajstić information content (AvgIpc) is 3.36. The molecule has 2 aliphatic heterocycles. The van der Waals surface area contributed by atoms with E-state index in [2.05, 4.69) is 14.7 Å². The normalized spacial score (nSPS) is 22.8.